The van der Waals surface area contributed by atoms with Crippen LogP contribution in [0.5, 0.6) is 0 Å². The minimum absolute atomic E-state index is 0.0563. The average Bonchev–Trinajstić information content (AvgIpc) is 3.62. The van der Waals surface area contributed by atoms with Gasteiger partial charge < -0.3 is 10.5 Å². The lowest BCUT2D eigenvalue weighted by molar-refractivity contribution is 0.0176. The Morgan fingerprint density at radius 3 is 2.69 bits per heavy atom. The third-order valence-electron chi connectivity index (χ3n) is 6.61. The van der Waals surface area contributed by atoms with Crippen LogP contribution in [0.1, 0.15) is 41.9 Å². The summed E-state index contributed by atoms with van der Waals surface area (Å²) in [4.78, 5) is 3.95. The highest BCUT2D eigenvalue weighted by molar-refractivity contribution is 5.74. The van der Waals surface area contributed by atoms with Crippen molar-refractivity contribution in [3.8, 4) is 0 Å². The predicted octanol–water partition coefficient (Wildman–Crippen LogP) is 4.76. The van der Waals surface area contributed by atoms with Crippen molar-refractivity contribution in [3.05, 3.63) is 71.0 Å². The van der Waals surface area contributed by atoms with E-state index in [1.54, 1.807) is 12.1 Å². The molecular formula is C23H23F3N2O. The summed E-state index contributed by atoms with van der Waals surface area (Å²) in [7, 11) is 0. The van der Waals surface area contributed by atoms with Crippen molar-refractivity contribution < 1.29 is 17.9 Å². The highest BCUT2D eigenvalue weighted by atomic mass is 19.3. The first kappa shape index (κ1) is 18.5. The van der Waals surface area contributed by atoms with E-state index in [0.29, 0.717) is 18.3 Å². The Labute approximate surface area is 167 Å². The molecule has 0 saturated heterocycles. The van der Waals surface area contributed by atoms with Gasteiger partial charge in [0.2, 0.25) is 0 Å². The van der Waals surface area contributed by atoms with Crippen molar-refractivity contribution in [3.63, 3.8) is 0 Å². The fourth-order valence-electron chi connectivity index (χ4n) is 4.86. The van der Waals surface area contributed by atoms with Gasteiger partial charge in [0.25, 0.3) is 12.4 Å². The van der Waals surface area contributed by atoms with Gasteiger partial charge in [-0.1, -0.05) is 42.5 Å². The van der Waals surface area contributed by atoms with E-state index in [2.05, 4.69) is 17.1 Å². The first-order valence-electron chi connectivity index (χ1n) is 10.1. The van der Waals surface area contributed by atoms with Crippen molar-refractivity contribution >= 4 is 6.02 Å². The van der Waals surface area contributed by atoms with Crippen LogP contribution in [-0.4, -0.2) is 18.6 Å². The van der Waals surface area contributed by atoms with E-state index in [-0.39, 0.29) is 11.6 Å². The fourth-order valence-corrected chi connectivity index (χ4v) is 4.86. The number of hydrogen-bond acceptors (Lipinski definition) is 3. The number of alkyl halides is 2. The van der Waals surface area contributed by atoms with Crippen LogP contribution in [0.15, 0.2) is 53.5 Å². The van der Waals surface area contributed by atoms with Gasteiger partial charge in [-0.05, 0) is 54.7 Å². The highest BCUT2D eigenvalue weighted by Crippen LogP contribution is 2.56. The molecule has 3 nitrogen and oxygen atoms in total. The number of nitrogens with zero attached hydrogens (tertiary/aromatic N) is 1. The molecule has 0 aromatic heterocycles. The van der Waals surface area contributed by atoms with Gasteiger partial charge in [-0.15, -0.1) is 0 Å². The highest BCUT2D eigenvalue weighted by Gasteiger charge is 2.64. The van der Waals surface area contributed by atoms with Gasteiger partial charge >= 0.3 is 0 Å². The van der Waals surface area contributed by atoms with Crippen LogP contribution in [-0.2, 0) is 16.7 Å². The lowest BCUT2D eigenvalue weighted by Gasteiger charge is -2.33. The largest absolute Gasteiger partial charge is 0.462 e. The maximum atomic E-state index is 14.7. The Morgan fingerprint density at radius 1 is 1.14 bits per heavy atom. The van der Waals surface area contributed by atoms with Gasteiger partial charge in [-0.3, -0.25) is 0 Å². The number of halogens is 3. The molecule has 0 amide bonds. The Kier molecular flexibility index (Phi) is 4.33. The van der Waals surface area contributed by atoms with Gasteiger partial charge in [0.1, 0.15) is 11.9 Å². The zero-order valence-corrected chi connectivity index (χ0v) is 15.9. The van der Waals surface area contributed by atoms with E-state index in [4.69, 9.17) is 10.5 Å². The molecule has 2 saturated carbocycles. The minimum atomic E-state index is -2.85. The maximum Gasteiger partial charge on any atom is 0.283 e. The van der Waals surface area contributed by atoms with Gasteiger partial charge in [0.05, 0.1) is 0 Å². The quantitative estimate of drug-likeness (QED) is 0.760. The summed E-state index contributed by atoms with van der Waals surface area (Å²) in [5, 5.41) is 0. The first-order valence-corrected chi connectivity index (χ1v) is 10.1. The van der Waals surface area contributed by atoms with E-state index < -0.39 is 29.8 Å². The molecule has 29 heavy (non-hydrogen) atoms. The molecule has 0 radical (unpaired) electrons. The molecule has 2 aromatic carbocycles. The van der Waals surface area contributed by atoms with Gasteiger partial charge in [0.15, 0.2) is 5.54 Å². The van der Waals surface area contributed by atoms with Crippen molar-refractivity contribution in [2.45, 2.75) is 49.7 Å². The molecule has 6 heteroatoms. The Hall–Kier alpha value is -2.50. The molecule has 2 N–H and O–H groups in total. The van der Waals surface area contributed by atoms with Crippen LogP contribution < -0.4 is 5.73 Å². The molecule has 1 aliphatic heterocycles. The summed E-state index contributed by atoms with van der Waals surface area (Å²) in [6, 6.07) is 14.7. The zero-order valence-electron chi connectivity index (χ0n) is 15.9. The molecule has 3 aliphatic rings. The second kappa shape index (κ2) is 6.78. The van der Waals surface area contributed by atoms with E-state index >= 15 is 0 Å². The second-order valence-corrected chi connectivity index (χ2v) is 8.44. The molecule has 2 aliphatic carbocycles. The normalized spacial score (nSPS) is 32.3. The van der Waals surface area contributed by atoms with Crippen LogP contribution in [0.25, 0.3) is 0 Å². The molecule has 0 bridgehead atoms. The monoisotopic (exact) mass is 400 g/mol. The molecule has 1 heterocycles. The number of aliphatic imine (C=N–C) groups is 1. The third-order valence-corrected chi connectivity index (χ3v) is 6.61. The van der Waals surface area contributed by atoms with Crippen LogP contribution in [0.4, 0.5) is 13.2 Å². The minimum Gasteiger partial charge on any atom is -0.462 e. The van der Waals surface area contributed by atoms with Crippen LogP contribution in [0, 0.1) is 17.7 Å². The van der Waals surface area contributed by atoms with Crippen molar-refractivity contribution in [2.75, 3.05) is 0 Å². The molecule has 2 fully saturated rings. The Balaban J connectivity index is 1.36. The number of amidine groups is 1. The summed E-state index contributed by atoms with van der Waals surface area (Å²) >= 11 is 0. The summed E-state index contributed by atoms with van der Waals surface area (Å²) in [6.45, 7) is 0. The van der Waals surface area contributed by atoms with Crippen molar-refractivity contribution in [1.82, 2.24) is 0 Å². The predicted molar refractivity (Wildman–Crippen MR) is 104 cm³/mol. The van der Waals surface area contributed by atoms with E-state index in [0.717, 1.165) is 24.8 Å². The molecule has 0 spiro atoms. The SMILES string of the molecule is NC1=N[C@@](c2cc(CC[C@H]3C[C@H]3c3ccccc3)ccc2F)(C(F)F)[C@H]2C[C@H]2O1. The van der Waals surface area contributed by atoms with Gasteiger partial charge in [0, 0.05) is 11.5 Å². The topological polar surface area (TPSA) is 47.6 Å². The van der Waals surface area contributed by atoms with Crippen molar-refractivity contribution in [1.29, 1.82) is 0 Å². The van der Waals surface area contributed by atoms with Gasteiger partial charge in [-0.2, -0.15) is 0 Å². The molecule has 5 atom stereocenters. The van der Waals surface area contributed by atoms with E-state index in [1.165, 1.54) is 11.6 Å². The van der Waals surface area contributed by atoms with E-state index in [9.17, 15) is 13.2 Å². The lowest BCUT2D eigenvalue weighted by Crippen LogP contribution is -2.43. The number of ether oxygens (including phenoxy) is 1. The fraction of sp³-hybridized carbons (Fsp3) is 0.435. The summed E-state index contributed by atoms with van der Waals surface area (Å²) in [6.07, 6.45) is -0.0182. The van der Waals surface area contributed by atoms with Crippen LogP contribution >= 0.6 is 0 Å². The lowest BCUT2D eigenvalue weighted by atomic mass is 9.83. The molecule has 152 valence electrons. The van der Waals surface area contributed by atoms with Crippen molar-refractivity contribution in [2.24, 2.45) is 22.6 Å². The second-order valence-electron chi connectivity index (χ2n) is 8.44. The Bertz CT molecular complexity index is 948. The number of nitrogens with two attached hydrogens (primary N) is 1. The standard InChI is InChI=1S/C23H23F3N2O/c24-19-9-7-13(6-8-15-11-16(15)14-4-2-1-3-5-14)10-17(19)23(21(25)26)18-12-20(18)29-22(27)28-23/h1-5,7,9-10,15-16,18,20-21H,6,8,11-12H2,(H2,27,28)/t15-,16-,18-,20+,23+/m0/s1. The summed E-state index contributed by atoms with van der Waals surface area (Å²) in [5.41, 5.74) is 5.85. The number of fused-ring (bicyclic) bond motifs is 1. The Morgan fingerprint density at radius 2 is 1.93 bits per heavy atom. The van der Waals surface area contributed by atoms with E-state index in [1.807, 2.05) is 18.2 Å². The molecule has 2 aromatic rings. The zero-order chi connectivity index (χ0) is 20.2. The summed E-state index contributed by atoms with van der Waals surface area (Å²) < 4.78 is 48.4. The van der Waals surface area contributed by atoms with Gasteiger partial charge in [-0.25, -0.2) is 18.2 Å². The number of hydrogen-bond donors (Lipinski definition) is 1. The number of rotatable bonds is 6. The van der Waals surface area contributed by atoms with Crippen LogP contribution in [0.3, 0.4) is 0 Å². The number of aryl methyl sites for hydroxylation is 1. The third kappa shape index (κ3) is 3.18. The number of benzene rings is 2. The molecule has 5 rings (SSSR count). The first-order chi connectivity index (χ1) is 14.0. The maximum absolute atomic E-state index is 14.7. The molecular weight excluding hydrogens is 377 g/mol. The smallest absolute Gasteiger partial charge is 0.283 e. The molecule has 0 unspecified atom stereocenters. The summed E-state index contributed by atoms with van der Waals surface area (Å²) in [5.74, 6) is -0.0488. The average molecular weight is 400 g/mol. The van der Waals surface area contributed by atoms with Crippen LogP contribution in [0.2, 0.25) is 0 Å².